The van der Waals surface area contributed by atoms with Crippen LogP contribution in [0.5, 0.6) is 0 Å². The number of sulfonamides is 1. The Morgan fingerprint density at radius 2 is 1.42 bits per heavy atom. The smallest absolute Gasteiger partial charge is 0.324 e. The average molecular weight is 467 g/mol. The van der Waals surface area contributed by atoms with Crippen molar-refractivity contribution in [1.29, 1.82) is 0 Å². The summed E-state index contributed by atoms with van der Waals surface area (Å²) in [6.45, 7) is 0.665. The van der Waals surface area contributed by atoms with Gasteiger partial charge in [0.25, 0.3) is 5.91 Å². The highest BCUT2D eigenvalue weighted by molar-refractivity contribution is 7.89. The molecule has 1 amide bonds. The molecule has 0 aliphatic rings. The number of para-hydroxylation sites is 1. The lowest BCUT2D eigenvalue weighted by Crippen LogP contribution is -2.40. The van der Waals surface area contributed by atoms with E-state index >= 15 is 0 Å². The first-order valence-electron chi connectivity index (χ1n) is 10.0. The molecular weight excluding hydrogens is 444 g/mol. The van der Waals surface area contributed by atoms with Gasteiger partial charge in [0, 0.05) is 11.1 Å². The van der Waals surface area contributed by atoms with Crippen LogP contribution in [0.1, 0.15) is 22.8 Å². The van der Waals surface area contributed by atoms with Crippen molar-refractivity contribution in [1.82, 2.24) is 4.72 Å². The van der Waals surface area contributed by atoms with Gasteiger partial charge in [0.2, 0.25) is 10.0 Å². The third kappa shape index (κ3) is 6.34. The van der Waals surface area contributed by atoms with E-state index < -0.39 is 34.5 Å². The van der Waals surface area contributed by atoms with Crippen LogP contribution in [0.25, 0.3) is 0 Å². The molecule has 0 aromatic heterocycles. The highest BCUT2D eigenvalue weighted by atomic mass is 32.2. The summed E-state index contributed by atoms with van der Waals surface area (Å²) >= 11 is 0. The number of ketones is 1. The normalized spacial score (nSPS) is 11.9. The van der Waals surface area contributed by atoms with Crippen LogP contribution in [0.15, 0.2) is 89.8 Å². The number of esters is 1. The molecular formula is C24H22N2O6S. The zero-order chi connectivity index (χ0) is 23.8. The molecule has 0 heterocycles. The number of carbonyl (C=O) groups excluding carboxylic acids is 3. The molecule has 3 aromatic rings. The van der Waals surface area contributed by atoms with Crippen LogP contribution in [0.2, 0.25) is 0 Å². The summed E-state index contributed by atoms with van der Waals surface area (Å²) in [5.74, 6) is -1.86. The lowest BCUT2D eigenvalue weighted by atomic mass is 10.0. The zero-order valence-corrected chi connectivity index (χ0v) is 18.5. The molecule has 0 fully saturated rings. The van der Waals surface area contributed by atoms with Crippen LogP contribution in [0, 0.1) is 0 Å². The number of hydrogen-bond donors (Lipinski definition) is 2. The Kier molecular flexibility index (Phi) is 7.70. The third-order valence-corrected chi connectivity index (χ3v) is 6.12. The second kappa shape index (κ2) is 10.7. The predicted molar refractivity (Wildman–Crippen MR) is 122 cm³/mol. The Bertz CT molecular complexity index is 1240. The number of rotatable bonds is 9. The molecule has 3 rings (SSSR count). The van der Waals surface area contributed by atoms with E-state index in [1.807, 2.05) is 0 Å². The molecule has 0 aliphatic carbocycles. The van der Waals surface area contributed by atoms with E-state index in [0.717, 1.165) is 0 Å². The summed E-state index contributed by atoms with van der Waals surface area (Å²) in [7, 11) is -3.92. The average Bonchev–Trinajstić information content (AvgIpc) is 2.83. The van der Waals surface area contributed by atoms with Crippen molar-refractivity contribution in [2.24, 2.45) is 0 Å². The molecule has 0 bridgehead atoms. The monoisotopic (exact) mass is 466 g/mol. The molecule has 0 spiro atoms. The maximum atomic E-state index is 12.8. The summed E-state index contributed by atoms with van der Waals surface area (Å²) in [5, 5.41) is 2.55. The highest BCUT2D eigenvalue weighted by Crippen LogP contribution is 2.19. The van der Waals surface area contributed by atoms with Crippen molar-refractivity contribution >= 4 is 33.4 Å². The molecule has 0 aliphatic heterocycles. The first-order valence-corrected chi connectivity index (χ1v) is 11.5. The molecule has 0 radical (unpaired) electrons. The highest BCUT2D eigenvalue weighted by Gasteiger charge is 2.24. The van der Waals surface area contributed by atoms with E-state index in [4.69, 9.17) is 4.74 Å². The SMILES string of the molecule is CC(NS(=O)(=O)c1ccccc1)C(=O)OCC(=O)Nc1ccccc1C(=O)c1ccccc1. The van der Waals surface area contributed by atoms with E-state index in [2.05, 4.69) is 10.0 Å². The maximum Gasteiger partial charge on any atom is 0.324 e. The molecule has 170 valence electrons. The number of amides is 1. The van der Waals surface area contributed by atoms with Gasteiger partial charge in [-0.3, -0.25) is 14.4 Å². The van der Waals surface area contributed by atoms with Crippen molar-refractivity contribution in [2.75, 3.05) is 11.9 Å². The van der Waals surface area contributed by atoms with Crippen molar-refractivity contribution in [3.05, 3.63) is 96.1 Å². The second-order valence-electron chi connectivity index (χ2n) is 7.05. The van der Waals surface area contributed by atoms with Gasteiger partial charge in [0.15, 0.2) is 12.4 Å². The molecule has 1 atom stereocenters. The minimum absolute atomic E-state index is 0.00193. The van der Waals surface area contributed by atoms with Crippen LogP contribution in [-0.4, -0.2) is 38.7 Å². The van der Waals surface area contributed by atoms with E-state index in [-0.39, 0.29) is 21.9 Å². The quantitative estimate of drug-likeness (QED) is 0.370. The van der Waals surface area contributed by atoms with Crippen molar-refractivity contribution in [3.63, 3.8) is 0 Å². The van der Waals surface area contributed by atoms with Crippen molar-refractivity contribution in [3.8, 4) is 0 Å². The minimum Gasteiger partial charge on any atom is -0.454 e. The Hall–Kier alpha value is -3.82. The molecule has 2 N–H and O–H groups in total. The predicted octanol–water partition coefficient (Wildman–Crippen LogP) is 2.77. The maximum absolute atomic E-state index is 12.8. The van der Waals surface area contributed by atoms with Crippen LogP contribution in [0.4, 0.5) is 5.69 Å². The van der Waals surface area contributed by atoms with Gasteiger partial charge in [0.05, 0.1) is 10.6 Å². The minimum atomic E-state index is -3.92. The van der Waals surface area contributed by atoms with Crippen molar-refractivity contribution < 1.29 is 27.5 Å². The Balaban J connectivity index is 1.59. The van der Waals surface area contributed by atoms with E-state index in [1.165, 1.54) is 19.1 Å². The molecule has 9 heteroatoms. The first-order chi connectivity index (χ1) is 15.8. The van der Waals surface area contributed by atoms with Gasteiger partial charge < -0.3 is 10.1 Å². The van der Waals surface area contributed by atoms with Crippen LogP contribution < -0.4 is 10.0 Å². The number of carbonyl (C=O) groups is 3. The van der Waals surface area contributed by atoms with Crippen LogP contribution in [-0.2, 0) is 24.3 Å². The van der Waals surface area contributed by atoms with Gasteiger partial charge in [-0.2, -0.15) is 4.72 Å². The van der Waals surface area contributed by atoms with Gasteiger partial charge in [0.1, 0.15) is 6.04 Å². The topological polar surface area (TPSA) is 119 Å². The summed E-state index contributed by atoms with van der Waals surface area (Å²) in [6.07, 6.45) is 0. The molecule has 1 unspecified atom stereocenters. The Morgan fingerprint density at radius 1 is 0.848 bits per heavy atom. The summed E-state index contributed by atoms with van der Waals surface area (Å²) in [6, 6.07) is 21.4. The number of hydrogen-bond acceptors (Lipinski definition) is 6. The molecule has 0 saturated carbocycles. The van der Waals surface area contributed by atoms with E-state index in [9.17, 15) is 22.8 Å². The molecule has 0 saturated heterocycles. The van der Waals surface area contributed by atoms with E-state index in [1.54, 1.807) is 72.8 Å². The summed E-state index contributed by atoms with van der Waals surface area (Å²) in [5.41, 5.74) is 1.02. The van der Waals surface area contributed by atoms with Gasteiger partial charge >= 0.3 is 5.97 Å². The number of benzene rings is 3. The number of anilines is 1. The first kappa shape index (κ1) is 23.8. The molecule has 3 aromatic carbocycles. The van der Waals surface area contributed by atoms with Gasteiger partial charge in [-0.05, 0) is 31.2 Å². The van der Waals surface area contributed by atoms with Crippen LogP contribution in [0.3, 0.4) is 0 Å². The fourth-order valence-electron chi connectivity index (χ4n) is 2.93. The van der Waals surface area contributed by atoms with Gasteiger partial charge in [-0.25, -0.2) is 8.42 Å². The van der Waals surface area contributed by atoms with Gasteiger partial charge in [-0.15, -0.1) is 0 Å². The fraction of sp³-hybridized carbons (Fsp3) is 0.125. The lowest BCUT2D eigenvalue weighted by Gasteiger charge is -2.14. The number of nitrogens with one attached hydrogen (secondary N) is 2. The second-order valence-corrected chi connectivity index (χ2v) is 8.77. The van der Waals surface area contributed by atoms with E-state index in [0.29, 0.717) is 5.56 Å². The Morgan fingerprint density at radius 3 is 2.09 bits per heavy atom. The zero-order valence-electron chi connectivity index (χ0n) is 17.7. The van der Waals surface area contributed by atoms with Crippen molar-refractivity contribution in [2.45, 2.75) is 17.9 Å². The fourth-order valence-corrected chi connectivity index (χ4v) is 4.14. The lowest BCUT2D eigenvalue weighted by molar-refractivity contribution is -0.148. The standard InChI is InChI=1S/C24H22N2O6S/c1-17(26-33(30,31)19-12-6-3-7-13-19)24(29)32-16-22(27)25-21-15-9-8-14-20(21)23(28)18-10-4-2-5-11-18/h2-15,17,26H,16H2,1H3,(H,25,27). The Labute approximate surface area is 191 Å². The molecule has 8 nitrogen and oxygen atoms in total. The largest absolute Gasteiger partial charge is 0.454 e. The van der Waals surface area contributed by atoms with Gasteiger partial charge in [-0.1, -0.05) is 60.7 Å². The third-order valence-electron chi connectivity index (χ3n) is 4.57. The molecule has 33 heavy (non-hydrogen) atoms. The summed E-state index contributed by atoms with van der Waals surface area (Å²) < 4.78 is 31.8. The van der Waals surface area contributed by atoms with Crippen LogP contribution >= 0.6 is 0 Å². The summed E-state index contributed by atoms with van der Waals surface area (Å²) in [4.78, 5) is 37.3. The number of ether oxygens (including phenoxy) is 1.